The van der Waals surface area contributed by atoms with Gasteiger partial charge in [0.25, 0.3) is 0 Å². The first-order chi connectivity index (χ1) is 28.9. The molecule has 38 heavy (non-hydrogen) atoms. The normalized spacial score (nSPS) is 20.5. The number of hydrogen-bond acceptors (Lipinski definition) is 0. The summed E-state index contributed by atoms with van der Waals surface area (Å²) in [6.45, 7) is 0. The van der Waals surface area contributed by atoms with Crippen molar-refractivity contribution in [3.8, 4) is 22.3 Å². The van der Waals surface area contributed by atoms with E-state index < -0.39 is 221 Å². The van der Waals surface area contributed by atoms with E-state index in [1.165, 1.54) is 0 Å². The van der Waals surface area contributed by atoms with E-state index in [-0.39, 0.29) is 0 Å². The van der Waals surface area contributed by atoms with Gasteiger partial charge in [-0.05, 0) is 82.2 Å². The zero-order valence-electron chi connectivity index (χ0n) is 43.0. The Labute approximate surface area is 255 Å². The van der Waals surface area contributed by atoms with Crippen molar-refractivity contribution in [1.82, 2.24) is 0 Å². The van der Waals surface area contributed by atoms with E-state index in [4.69, 9.17) is 21.9 Å². The molecule has 0 aromatic heterocycles. The Morgan fingerprint density at radius 2 is 0.842 bits per heavy atom. The van der Waals surface area contributed by atoms with Gasteiger partial charge in [-0.3, -0.25) is 0 Å². The second kappa shape index (κ2) is 8.30. The van der Waals surface area contributed by atoms with Gasteiger partial charge in [-0.15, -0.1) is 0 Å². The van der Waals surface area contributed by atoms with E-state index in [0.29, 0.717) is 0 Å². The predicted molar refractivity (Wildman–Crippen MR) is 165 cm³/mol. The molecule has 0 N–H and O–H groups in total. The molecule has 0 nitrogen and oxygen atoms in total. The quantitative estimate of drug-likeness (QED) is 0.162. The molecule has 0 atom stereocenters. The molecule has 0 bridgehead atoms. The number of fused-ring (bicyclic) bond motifs is 6. The van der Waals surface area contributed by atoms with Crippen LogP contribution < -0.4 is 0 Å². The summed E-state index contributed by atoms with van der Waals surface area (Å²) >= 11 is 0. The fourth-order valence-corrected chi connectivity index (χ4v) is 4.66. The molecule has 0 heterocycles. The molecule has 0 aliphatic carbocycles. The third-order valence-corrected chi connectivity index (χ3v) is 6.25. The van der Waals surface area contributed by atoms with Crippen LogP contribution in [0, 0.1) is 0 Å². The Bertz CT molecular complexity index is 3420. The first-order valence-electron chi connectivity index (χ1n) is 23.2. The molecule has 8 aromatic rings. The molecule has 0 saturated carbocycles. The molecule has 0 aliphatic rings. The third-order valence-electron chi connectivity index (χ3n) is 6.25. The summed E-state index contributed by atoms with van der Waals surface area (Å²) < 4.78 is 213. The predicted octanol–water partition coefficient (Wildman–Crippen LogP) is 10.8. The standard InChI is InChI=1S/C38H24/c1-2-12-27-24-28(21-20-25(27)10-1)37-33-14-5-7-16-35(33)38(36-17-8-6-15-34(36)37)32-19-9-18-30-29-13-4-3-11-26(29)22-23-31(30)32/h1-24H/i1D,2D,3D,4D,5D,6D,7D,8D,9D,10D,11D,12D,13D,14D,15D,16D,17D,18D,19D,20D,21D,22D,23D,24D. The van der Waals surface area contributed by atoms with Gasteiger partial charge >= 0.3 is 0 Å². The topological polar surface area (TPSA) is 0 Å². The van der Waals surface area contributed by atoms with Crippen molar-refractivity contribution >= 4 is 53.9 Å². The highest BCUT2D eigenvalue weighted by molar-refractivity contribution is 6.25. The van der Waals surface area contributed by atoms with Crippen molar-refractivity contribution in [2.45, 2.75) is 0 Å². The minimum absolute atomic E-state index is 0.512. The van der Waals surface area contributed by atoms with Gasteiger partial charge in [-0.1, -0.05) is 139 Å². The molecular formula is C38H24. The van der Waals surface area contributed by atoms with Crippen LogP contribution in [-0.4, -0.2) is 0 Å². The van der Waals surface area contributed by atoms with Gasteiger partial charge in [0, 0.05) is 0 Å². The van der Waals surface area contributed by atoms with E-state index in [1.54, 1.807) is 0 Å². The van der Waals surface area contributed by atoms with Crippen LogP contribution in [0.15, 0.2) is 145 Å². The maximum atomic E-state index is 9.40. The molecule has 0 heteroatoms. The van der Waals surface area contributed by atoms with Gasteiger partial charge < -0.3 is 0 Å². The smallest absolute Gasteiger partial charge is 0.0616 e. The monoisotopic (exact) mass is 504 g/mol. The largest absolute Gasteiger partial charge is 0.0636 e. The van der Waals surface area contributed by atoms with Gasteiger partial charge in [0.2, 0.25) is 0 Å². The zero-order valence-corrected chi connectivity index (χ0v) is 19.0. The summed E-state index contributed by atoms with van der Waals surface area (Å²) in [6, 6.07) is -21.1. The molecular weight excluding hydrogens is 456 g/mol. The SMILES string of the molecule is [2H]c1c([2H])c([2H])c2c([2H])c(-c3c4c([2H])c([2H])c([2H])c([2H])c4c(-c4c([2H])c([2H])c([2H])c5c4c([2H])c([2H])c4c([2H])c([2H])c([2H])c([2H])c45)c4c([2H])c([2H])c([2H])c([2H])c34)c([2H])c([2H])c2c1[2H]. The zero-order chi connectivity index (χ0) is 45.9. The van der Waals surface area contributed by atoms with Gasteiger partial charge in [0.05, 0.1) is 32.9 Å². The Hall–Kier alpha value is -4.94. The van der Waals surface area contributed by atoms with Crippen molar-refractivity contribution in [2.24, 2.45) is 0 Å². The summed E-state index contributed by atoms with van der Waals surface area (Å²) in [5, 5.41) is -6.08. The maximum absolute atomic E-state index is 9.40. The molecule has 0 saturated heterocycles. The van der Waals surface area contributed by atoms with Gasteiger partial charge in [0.1, 0.15) is 0 Å². The Balaban J connectivity index is 1.81. The lowest BCUT2D eigenvalue weighted by Gasteiger charge is -2.19. The minimum atomic E-state index is -0.955. The summed E-state index contributed by atoms with van der Waals surface area (Å²) in [6.07, 6.45) is 0. The Kier molecular flexibility index (Phi) is 1.81. The van der Waals surface area contributed by atoms with E-state index in [0.717, 1.165) is 0 Å². The average Bonchev–Trinajstić information content (AvgIpc) is 3.24. The van der Waals surface area contributed by atoms with Gasteiger partial charge in [-0.2, -0.15) is 0 Å². The minimum Gasteiger partial charge on any atom is -0.0616 e. The summed E-state index contributed by atoms with van der Waals surface area (Å²) in [5.41, 5.74) is -2.77. The molecule has 0 radical (unpaired) electrons. The maximum Gasteiger partial charge on any atom is 0.0636 e. The highest BCUT2D eigenvalue weighted by atomic mass is 14.2. The number of hydrogen-bond donors (Lipinski definition) is 0. The van der Waals surface area contributed by atoms with Crippen molar-refractivity contribution < 1.29 is 32.9 Å². The average molecular weight is 505 g/mol. The van der Waals surface area contributed by atoms with E-state index >= 15 is 0 Å². The van der Waals surface area contributed by atoms with E-state index in [1.807, 2.05) is 0 Å². The van der Waals surface area contributed by atoms with Gasteiger partial charge in [-0.25, -0.2) is 0 Å². The van der Waals surface area contributed by atoms with Crippen LogP contribution in [0.1, 0.15) is 32.9 Å². The Morgan fingerprint density at radius 3 is 1.55 bits per heavy atom. The lowest BCUT2D eigenvalue weighted by atomic mass is 9.84. The van der Waals surface area contributed by atoms with E-state index in [2.05, 4.69) is 0 Å². The first-order valence-corrected chi connectivity index (χ1v) is 11.2. The summed E-state index contributed by atoms with van der Waals surface area (Å²) in [7, 11) is 0. The molecule has 8 aromatic carbocycles. The molecule has 176 valence electrons. The van der Waals surface area contributed by atoms with Crippen molar-refractivity contribution in [1.29, 1.82) is 0 Å². The van der Waals surface area contributed by atoms with Crippen LogP contribution in [-0.2, 0) is 0 Å². The lowest BCUT2D eigenvalue weighted by Crippen LogP contribution is -1.92. The number of rotatable bonds is 2. The van der Waals surface area contributed by atoms with Crippen molar-refractivity contribution in [3.05, 3.63) is 145 Å². The fourth-order valence-electron chi connectivity index (χ4n) is 4.66. The van der Waals surface area contributed by atoms with Crippen molar-refractivity contribution in [3.63, 3.8) is 0 Å². The number of benzene rings is 8. The van der Waals surface area contributed by atoms with Gasteiger partial charge in [0.15, 0.2) is 0 Å². The van der Waals surface area contributed by atoms with E-state index in [9.17, 15) is 11.0 Å². The highest BCUT2D eigenvalue weighted by Gasteiger charge is 2.18. The first kappa shape index (κ1) is 8.28. The summed E-state index contributed by atoms with van der Waals surface area (Å²) in [4.78, 5) is 0. The molecule has 0 amide bonds. The van der Waals surface area contributed by atoms with Crippen LogP contribution in [0.2, 0.25) is 0 Å². The second-order valence-corrected chi connectivity index (χ2v) is 8.25. The molecule has 0 unspecified atom stereocenters. The van der Waals surface area contributed by atoms with Crippen molar-refractivity contribution in [2.75, 3.05) is 0 Å². The van der Waals surface area contributed by atoms with Crippen LogP contribution in [0.4, 0.5) is 0 Å². The molecule has 0 spiro atoms. The fraction of sp³-hybridized carbons (Fsp3) is 0. The molecule has 0 fully saturated rings. The van der Waals surface area contributed by atoms with Crippen LogP contribution >= 0.6 is 0 Å². The third kappa shape index (κ3) is 3.11. The molecule has 8 rings (SSSR count). The van der Waals surface area contributed by atoms with Crippen LogP contribution in [0.5, 0.6) is 0 Å². The Morgan fingerprint density at radius 1 is 0.316 bits per heavy atom. The molecule has 0 aliphatic heterocycles. The van der Waals surface area contributed by atoms with Crippen LogP contribution in [0.25, 0.3) is 76.1 Å². The summed E-state index contributed by atoms with van der Waals surface area (Å²) in [5.74, 6) is 0. The van der Waals surface area contributed by atoms with Crippen LogP contribution in [0.3, 0.4) is 0 Å². The highest BCUT2D eigenvalue weighted by Crippen LogP contribution is 2.46. The second-order valence-electron chi connectivity index (χ2n) is 8.25. The lowest BCUT2D eigenvalue weighted by molar-refractivity contribution is 1.68.